The van der Waals surface area contributed by atoms with Gasteiger partial charge in [0.05, 0.1) is 19.1 Å². The second-order valence-electron chi connectivity index (χ2n) is 8.14. The first-order valence-electron chi connectivity index (χ1n) is 11.9. The molecule has 0 aliphatic carbocycles. The van der Waals surface area contributed by atoms with Crippen LogP contribution >= 0.6 is 0 Å². The summed E-state index contributed by atoms with van der Waals surface area (Å²) in [5.74, 6) is -0.0333. The van der Waals surface area contributed by atoms with Crippen LogP contribution < -0.4 is 5.32 Å². The number of allylic oxidation sites excluding steroid dienone is 1. The maximum atomic E-state index is 12.1. The Bertz CT molecular complexity index is 527. The fraction of sp³-hybridized carbons (Fsp3) is 0.654. The van der Waals surface area contributed by atoms with E-state index in [1.54, 1.807) is 0 Å². The van der Waals surface area contributed by atoms with Gasteiger partial charge in [-0.25, -0.2) is 0 Å². The molecule has 0 saturated heterocycles. The largest absolute Gasteiger partial charge is 0.394 e. The summed E-state index contributed by atoms with van der Waals surface area (Å²) in [4.78, 5) is 12.1. The predicted molar refractivity (Wildman–Crippen MR) is 124 cm³/mol. The molecule has 0 saturated carbocycles. The van der Waals surface area contributed by atoms with Gasteiger partial charge in [0, 0.05) is 0 Å². The van der Waals surface area contributed by atoms with Crippen LogP contribution in [0.4, 0.5) is 0 Å². The van der Waals surface area contributed by atoms with Crippen LogP contribution in [-0.4, -0.2) is 23.7 Å². The monoisotopic (exact) mass is 401 g/mol. The van der Waals surface area contributed by atoms with Gasteiger partial charge in [-0.05, 0) is 24.8 Å². The summed E-state index contributed by atoms with van der Waals surface area (Å²) in [6.45, 7) is 2.24. The Labute approximate surface area is 179 Å². The molecule has 0 heterocycles. The molecular weight excluding hydrogens is 358 g/mol. The molecule has 3 nitrogen and oxygen atoms in total. The van der Waals surface area contributed by atoms with Crippen molar-refractivity contribution in [2.45, 2.75) is 103 Å². The van der Waals surface area contributed by atoms with E-state index in [9.17, 15) is 9.90 Å². The topological polar surface area (TPSA) is 49.3 Å². The summed E-state index contributed by atoms with van der Waals surface area (Å²) in [7, 11) is 0. The Morgan fingerprint density at radius 1 is 0.897 bits per heavy atom. The Balaban J connectivity index is 1.98. The minimum Gasteiger partial charge on any atom is -0.394 e. The molecule has 3 heteroatoms. The summed E-state index contributed by atoms with van der Waals surface area (Å²) in [5, 5.41) is 12.4. The number of amides is 1. The van der Waals surface area contributed by atoms with Gasteiger partial charge in [-0.3, -0.25) is 4.79 Å². The zero-order chi connectivity index (χ0) is 21.0. The van der Waals surface area contributed by atoms with Gasteiger partial charge in [-0.2, -0.15) is 0 Å². The lowest BCUT2D eigenvalue weighted by Crippen LogP contribution is -2.38. The van der Waals surface area contributed by atoms with Gasteiger partial charge in [-0.15, -0.1) is 0 Å². The maximum Gasteiger partial charge on any atom is 0.224 e. The van der Waals surface area contributed by atoms with Crippen LogP contribution in [-0.2, 0) is 11.2 Å². The van der Waals surface area contributed by atoms with E-state index in [0.29, 0.717) is 12.8 Å². The van der Waals surface area contributed by atoms with Crippen LogP contribution in [0.15, 0.2) is 42.5 Å². The van der Waals surface area contributed by atoms with Crippen LogP contribution in [0.25, 0.3) is 0 Å². The van der Waals surface area contributed by atoms with Crippen molar-refractivity contribution < 1.29 is 9.90 Å². The van der Waals surface area contributed by atoms with Crippen molar-refractivity contribution in [1.82, 2.24) is 5.32 Å². The van der Waals surface area contributed by atoms with Crippen LogP contribution in [0.3, 0.4) is 0 Å². The van der Waals surface area contributed by atoms with E-state index in [2.05, 4.69) is 24.4 Å². The molecule has 1 rings (SSSR count). The van der Waals surface area contributed by atoms with Gasteiger partial charge in [0.2, 0.25) is 5.91 Å². The molecule has 29 heavy (non-hydrogen) atoms. The molecule has 0 bridgehead atoms. The van der Waals surface area contributed by atoms with Crippen molar-refractivity contribution in [3.05, 3.63) is 48.0 Å². The Kier molecular flexibility index (Phi) is 16.2. The average Bonchev–Trinajstić information content (AvgIpc) is 2.73. The van der Waals surface area contributed by atoms with Crippen LogP contribution in [0.5, 0.6) is 0 Å². The number of benzene rings is 1. The molecular formula is C26H43NO2. The number of nitrogens with one attached hydrogen (secondary N) is 1. The molecule has 0 unspecified atom stereocenters. The molecule has 2 N–H and O–H groups in total. The summed E-state index contributed by atoms with van der Waals surface area (Å²) >= 11 is 0. The van der Waals surface area contributed by atoms with E-state index in [1.165, 1.54) is 70.6 Å². The minimum absolute atomic E-state index is 0.0245. The highest BCUT2D eigenvalue weighted by Crippen LogP contribution is 2.12. The number of hydrogen-bond donors (Lipinski definition) is 2. The molecule has 1 aromatic carbocycles. The van der Waals surface area contributed by atoms with E-state index in [0.717, 1.165) is 12.0 Å². The molecule has 164 valence electrons. The molecule has 0 radical (unpaired) electrons. The van der Waals surface area contributed by atoms with Crippen molar-refractivity contribution in [2.75, 3.05) is 6.61 Å². The van der Waals surface area contributed by atoms with Gasteiger partial charge in [-0.1, -0.05) is 114 Å². The average molecular weight is 402 g/mol. The summed E-state index contributed by atoms with van der Waals surface area (Å²) in [6, 6.07) is 9.51. The smallest absolute Gasteiger partial charge is 0.224 e. The van der Waals surface area contributed by atoms with Gasteiger partial charge >= 0.3 is 0 Å². The standard InChI is InChI=1S/C26H43NO2/c1-2-3-4-5-6-7-8-9-10-11-12-13-14-18-21-25(23-28)27-26(29)22-24-19-16-15-17-20-24/h14-20,25,28H,2-13,21-23H2,1H3,(H,27,29)/b18-14+/t25-/m1/s1. The molecule has 1 amide bonds. The van der Waals surface area contributed by atoms with E-state index >= 15 is 0 Å². The number of carbonyl (C=O) groups is 1. The zero-order valence-electron chi connectivity index (χ0n) is 18.6. The molecule has 0 aliphatic heterocycles. The minimum atomic E-state index is -0.195. The molecule has 0 spiro atoms. The summed E-state index contributed by atoms with van der Waals surface area (Å²) < 4.78 is 0. The summed E-state index contributed by atoms with van der Waals surface area (Å²) in [5.41, 5.74) is 0.994. The first kappa shape index (κ1) is 25.4. The maximum absolute atomic E-state index is 12.1. The quantitative estimate of drug-likeness (QED) is 0.222. The lowest BCUT2D eigenvalue weighted by Gasteiger charge is -2.14. The second kappa shape index (κ2) is 18.4. The van der Waals surface area contributed by atoms with E-state index in [4.69, 9.17) is 0 Å². The van der Waals surface area contributed by atoms with Gasteiger partial charge in [0.25, 0.3) is 0 Å². The number of hydrogen-bond acceptors (Lipinski definition) is 2. The Morgan fingerprint density at radius 3 is 2.07 bits per heavy atom. The van der Waals surface area contributed by atoms with Gasteiger partial charge < -0.3 is 10.4 Å². The lowest BCUT2D eigenvalue weighted by molar-refractivity contribution is -0.121. The van der Waals surface area contributed by atoms with Crippen molar-refractivity contribution in [1.29, 1.82) is 0 Å². The summed E-state index contributed by atoms with van der Waals surface area (Å²) in [6.07, 6.45) is 21.5. The first-order chi connectivity index (χ1) is 14.3. The normalized spacial score (nSPS) is 12.3. The Hall–Kier alpha value is -1.61. The van der Waals surface area contributed by atoms with Crippen LogP contribution in [0.1, 0.15) is 96.0 Å². The second-order valence-corrected chi connectivity index (χ2v) is 8.14. The van der Waals surface area contributed by atoms with E-state index in [-0.39, 0.29) is 18.6 Å². The predicted octanol–water partition coefficient (Wildman–Crippen LogP) is 6.35. The zero-order valence-corrected chi connectivity index (χ0v) is 18.6. The van der Waals surface area contributed by atoms with Crippen molar-refractivity contribution in [3.63, 3.8) is 0 Å². The number of rotatable bonds is 18. The fourth-order valence-corrected chi connectivity index (χ4v) is 3.54. The van der Waals surface area contributed by atoms with Gasteiger partial charge in [0.15, 0.2) is 0 Å². The van der Waals surface area contributed by atoms with Gasteiger partial charge in [0.1, 0.15) is 0 Å². The third-order valence-corrected chi connectivity index (χ3v) is 5.35. The first-order valence-corrected chi connectivity index (χ1v) is 11.9. The molecule has 1 atom stereocenters. The van der Waals surface area contributed by atoms with E-state index < -0.39 is 0 Å². The fourth-order valence-electron chi connectivity index (χ4n) is 3.54. The molecule has 0 aromatic heterocycles. The van der Waals surface area contributed by atoms with Crippen molar-refractivity contribution in [3.8, 4) is 0 Å². The molecule has 0 fully saturated rings. The molecule has 1 aromatic rings. The van der Waals surface area contributed by atoms with Crippen LogP contribution in [0, 0.1) is 0 Å². The SMILES string of the molecule is CCCCCCCCCCCCC/C=C/C[C@H](CO)NC(=O)Cc1ccccc1. The third kappa shape index (κ3) is 15.0. The van der Waals surface area contributed by atoms with Crippen LogP contribution in [0.2, 0.25) is 0 Å². The molecule has 0 aliphatic rings. The number of unbranched alkanes of at least 4 members (excludes halogenated alkanes) is 11. The highest BCUT2D eigenvalue weighted by atomic mass is 16.3. The highest BCUT2D eigenvalue weighted by molar-refractivity contribution is 5.78. The number of aliphatic hydroxyl groups excluding tert-OH is 1. The van der Waals surface area contributed by atoms with E-state index in [1.807, 2.05) is 30.3 Å². The Morgan fingerprint density at radius 2 is 1.48 bits per heavy atom. The van der Waals surface area contributed by atoms with Crippen molar-refractivity contribution in [2.24, 2.45) is 0 Å². The number of aliphatic hydroxyl groups is 1. The number of carbonyl (C=O) groups excluding carboxylic acids is 1. The highest BCUT2D eigenvalue weighted by Gasteiger charge is 2.10. The van der Waals surface area contributed by atoms with Crippen molar-refractivity contribution >= 4 is 5.91 Å². The lowest BCUT2D eigenvalue weighted by atomic mass is 10.1. The third-order valence-electron chi connectivity index (χ3n) is 5.35.